The Morgan fingerprint density at radius 1 is 1.35 bits per heavy atom. The molecule has 0 fully saturated rings. The van der Waals surface area contributed by atoms with Crippen molar-refractivity contribution >= 4 is 23.6 Å². The van der Waals surface area contributed by atoms with E-state index in [0.29, 0.717) is 19.6 Å². The molecule has 0 aliphatic carbocycles. The molecule has 2 amide bonds. The summed E-state index contributed by atoms with van der Waals surface area (Å²) < 4.78 is 5.22. The number of rotatable bonds is 5. The fourth-order valence-electron chi connectivity index (χ4n) is 1.08. The van der Waals surface area contributed by atoms with Crippen LogP contribution in [0.15, 0.2) is 0 Å². The molecule has 0 spiro atoms. The van der Waals surface area contributed by atoms with Crippen LogP contribution in [0.4, 0.5) is 4.79 Å². The fourth-order valence-corrected chi connectivity index (χ4v) is 1.18. The van der Waals surface area contributed by atoms with Crippen molar-refractivity contribution in [3.05, 3.63) is 0 Å². The minimum atomic E-state index is -0.510. The Hall–Kier alpha value is -0.970. The molecule has 0 saturated carbocycles. The molecule has 0 radical (unpaired) electrons. The normalized spacial score (nSPS) is 10.9. The van der Waals surface area contributed by atoms with Crippen molar-refractivity contribution in [3.8, 4) is 0 Å². The van der Waals surface area contributed by atoms with Crippen molar-refractivity contribution < 1.29 is 14.3 Å². The van der Waals surface area contributed by atoms with E-state index in [1.807, 2.05) is 27.7 Å². The molecule has 0 atom stereocenters. The molecule has 17 heavy (non-hydrogen) atoms. The second-order valence-corrected chi connectivity index (χ2v) is 4.81. The number of amides is 2. The van der Waals surface area contributed by atoms with Gasteiger partial charge < -0.3 is 15.0 Å². The lowest BCUT2D eigenvalue weighted by Gasteiger charge is -2.26. The quantitative estimate of drug-likeness (QED) is 0.768. The largest absolute Gasteiger partial charge is 0.444 e. The molecule has 1 N–H and O–H groups in total. The molecule has 0 aliphatic heterocycles. The molecule has 0 unspecified atom stereocenters. The third-order valence-corrected chi connectivity index (χ3v) is 2.10. The summed E-state index contributed by atoms with van der Waals surface area (Å²) in [4.78, 5) is 24.1. The Kier molecular flexibility index (Phi) is 6.95. The minimum absolute atomic E-state index is 0.0709. The number of carbonyl (C=O) groups is 2. The van der Waals surface area contributed by atoms with Gasteiger partial charge in [0.25, 0.3) is 0 Å². The summed E-state index contributed by atoms with van der Waals surface area (Å²) in [6, 6.07) is 0. The van der Waals surface area contributed by atoms with Crippen LogP contribution in [0.1, 0.15) is 27.7 Å². The number of ether oxygens (including phenoxy) is 1. The fraction of sp³-hybridized carbons (Fsp3) is 0.818. The molecule has 0 aromatic carbocycles. The van der Waals surface area contributed by atoms with Crippen molar-refractivity contribution in [2.45, 2.75) is 33.3 Å². The smallest absolute Gasteiger partial charge is 0.410 e. The van der Waals surface area contributed by atoms with Gasteiger partial charge in [-0.3, -0.25) is 4.79 Å². The van der Waals surface area contributed by atoms with E-state index in [2.05, 4.69) is 5.32 Å². The first-order chi connectivity index (χ1) is 7.80. The number of carbonyl (C=O) groups excluding carboxylic acids is 2. The summed E-state index contributed by atoms with van der Waals surface area (Å²) in [5, 5.41) is 2.59. The van der Waals surface area contributed by atoms with Crippen LogP contribution in [0.2, 0.25) is 0 Å². The molecule has 0 rings (SSSR count). The van der Waals surface area contributed by atoms with E-state index in [-0.39, 0.29) is 17.9 Å². The number of hydrogen-bond acceptors (Lipinski definition) is 3. The number of nitrogens with one attached hydrogen (secondary N) is 1. The second kappa shape index (κ2) is 7.37. The molecule has 0 saturated heterocycles. The van der Waals surface area contributed by atoms with Gasteiger partial charge in [0.1, 0.15) is 11.5 Å². The third kappa shape index (κ3) is 7.85. The van der Waals surface area contributed by atoms with Crippen LogP contribution in [0.3, 0.4) is 0 Å². The van der Waals surface area contributed by atoms with Crippen molar-refractivity contribution in [1.82, 2.24) is 10.2 Å². The Bertz CT molecular complexity index is 264. The van der Waals surface area contributed by atoms with Gasteiger partial charge in [0.05, 0.1) is 0 Å². The summed E-state index contributed by atoms with van der Waals surface area (Å²) in [6.45, 7) is 8.61. The van der Waals surface area contributed by atoms with Crippen molar-refractivity contribution in [1.29, 1.82) is 0 Å². The van der Waals surface area contributed by atoms with Gasteiger partial charge in [-0.1, -0.05) is 0 Å². The van der Waals surface area contributed by atoms with E-state index in [4.69, 9.17) is 16.3 Å². The Balaban J connectivity index is 4.06. The van der Waals surface area contributed by atoms with Gasteiger partial charge in [-0.25, -0.2) is 4.79 Å². The lowest BCUT2D eigenvalue weighted by molar-refractivity contribution is -0.118. The Morgan fingerprint density at radius 2 is 1.94 bits per heavy atom. The monoisotopic (exact) mass is 264 g/mol. The highest BCUT2D eigenvalue weighted by atomic mass is 35.5. The van der Waals surface area contributed by atoms with Gasteiger partial charge in [-0.05, 0) is 27.7 Å². The zero-order valence-electron chi connectivity index (χ0n) is 10.9. The summed E-state index contributed by atoms with van der Waals surface area (Å²) in [5.74, 6) is -0.314. The lowest BCUT2D eigenvalue weighted by atomic mass is 10.2. The highest BCUT2D eigenvalue weighted by Crippen LogP contribution is 2.09. The van der Waals surface area contributed by atoms with Crippen molar-refractivity contribution in [3.63, 3.8) is 0 Å². The Morgan fingerprint density at radius 3 is 2.35 bits per heavy atom. The maximum absolute atomic E-state index is 11.7. The standard InChI is InChI=1S/C11H21ClN2O3/c1-5-14(7-6-13-9(15)8-12)10(16)17-11(2,3)4/h5-8H2,1-4H3,(H,13,15). The zero-order chi connectivity index (χ0) is 13.5. The van der Waals surface area contributed by atoms with Gasteiger partial charge >= 0.3 is 6.09 Å². The second-order valence-electron chi connectivity index (χ2n) is 4.54. The average Bonchev–Trinajstić information content (AvgIpc) is 2.21. The molecule has 0 aliphatic rings. The van der Waals surface area contributed by atoms with Crippen LogP contribution in [0, 0.1) is 0 Å². The zero-order valence-corrected chi connectivity index (χ0v) is 11.6. The SMILES string of the molecule is CCN(CCNC(=O)CCl)C(=O)OC(C)(C)C. The number of likely N-dealkylation sites (N-methyl/N-ethyl adjacent to an activating group) is 1. The lowest BCUT2D eigenvalue weighted by Crippen LogP contribution is -2.41. The van der Waals surface area contributed by atoms with Gasteiger partial charge in [-0.15, -0.1) is 11.6 Å². The van der Waals surface area contributed by atoms with Gasteiger partial charge in [0.2, 0.25) is 5.91 Å². The molecule has 0 aromatic heterocycles. The first-order valence-corrected chi connectivity index (χ1v) is 6.14. The molecular weight excluding hydrogens is 244 g/mol. The van der Waals surface area contributed by atoms with E-state index < -0.39 is 5.60 Å². The van der Waals surface area contributed by atoms with Crippen LogP contribution < -0.4 is 5.32 Å². The Labute approximate surface area is 107 Å². The van der Waals surface area contributed by atoms with Crippen LogP contribution in [-0.4, -0.2) is 48.0 Å². The van der Waals surface area contributed by atoms with Crippen LogP contribution >= 0.6 is 11.6 Å². The van der Waals surface area contributed by atoms with E-state index in [1.165, 1.54) is 4.90 Å². The maximum Gasteiger partial charge on any atom is 0.410 e. The van der Waals surface area contributed by atoms with Crippen molar-refractivity contribution in [2.24, 2.45) is 0 Å². The van der Waals surface area contributed by atoms with Crippen LogP contribution in [0.5, 0.6) is 0 Å². The highest BCUT2D eigenvalue weighted by Gasteiger charge is 2.20. The number of hydrogen-bond donors (Lipinski definition) is 1. The molecule has 0 aromatic rings. The topological polar surface area (TPSA) is 58.6 Å². The first kappa shape index (κ1) is 16.0. The van der Waals surface area contributed by atoms with E-state index >= 15 is 0 Å². The number of halogens is 1. The van der Waals surface area contributed by atoms with E-state index in [9.17, 15) is 9.59 Å². The van der Waals surface area contributed by atoms with Crippen LogP contribution in [-0.2, 0) is 9.53 Å². The average molecular weight is 265 g/mol. The van der Waals surface area contributed by atoms with Gasteiger partial charge in [0.15, 0.2) is 0 Å². The van der Waals surface area contributed by atoms with Gasteiger partial charge in [0, 0.05) is 19.6 Å². The van der Waals surface area contributed by atoms with Gasteiger partial charge in [-0.2, -0.15) is 0 Å². The third-order valence-electron chi connectivity index (χ3n) is 1.86. The molecule has 0 bridgehead atoms. The predicted octanol–water partition coefficient (Wildman–Crippen LogP) is 1.60. The molecule has 5 nitrogen and oxygen atoms in total. The van der Waals surface area contributed by atoms with E-state index in [1.54, 1.807) is 0 Å². The molecule has 6 heteroatoms. The summed E-state index contributed by atoms with van der Waals surface area (Å²) >= 11 is 5.33. The summed E-state index contributed by atoms with van der Waals surface area (Å²) in [6.07, 6.45) is -0.375. The first-order valence-electron chi connectivity index (χ1n) is 5.60. The summed E-state index contributed by atoms with van der Waals surface area (Å²) in [7, 11) is 0. The molecular formula is C11H21ClN2O3. The summed E-state index contributed by atoms with van der Waals surface area (Å²) in [5.41, 5.74) is -0.510. The maximum atomic E-state index is 11.7. The highest BCUT2D eigenvalue weighted by molar-refractivity contribution is 6.27. The predicted molar refractivity (Wildman–Crippen MR) is 67.2 cm³/mol. The molecule has 0 heterocycles. The van der Waals surface area contributed by atoms with Crippen LogP contribution in [0.25, 0.3) is 0 Å². The number of alkyl halides is 1. The van der Waals surface area contributed by atoms with E-state index in [0.717, 1.165) is 0 Å². The van der Waals surface area contributed by atoms with Crippen molar-refractivity contribution in [2.75, 3.05) is 25.5 Å². The molecule has 100 valence electrons. The minimum Gasteiger partial charge on any atom is -0.444 e. The number of nitrogens with zero attached hydrogens (tertiary/aromatic N) is 1.